The van der Waals surface area contributed by atoms with Gasteiger partial charge in [0.15, 0.2) is 5.82 Å². The van der Waals surface area contributed by atoms with Gasteiger partial charge in [-0.15, -0.1) is 0 Å². The SMILES string of the molecule is Nc1nc(-c2cc(F)cc(F)c2)nc2cc(Cl)ccc12. The summed E-state index contributed by atoms with van der Waals surface area (Å²) in [7, 11) is 0. The molecule has 0 aliphatic rings. The molecule has 2 aromatic carbocycles. The molecule has 0 spiro atoms. The molecular formula is C14H8ClF2N3. The van der Waals surface area contributed by atoms with Gasteiger partial charge in [0.25, 0.3) is 0 Å². The lowest BCUT2D eigenvalue weighted by Gasteiger charge is -2.06. The van der Waals surface area contributed by atoms with Gasteiger partial charge < -0.3 is 5.73 Å². The van der Waals surface area contributed by atoms with Crippen molar-refractivity contribution in [1.82, 2.24) is 9.97 Å². The second-order valence-electron chi connectivity index (χ2n) is 4.25. The van der Waals surface area contributed by atoms with Crippen molar-refractivity contribution >= 4 is 28.3 Å². The molecule has 0 atom stereocenters. The molecule has 3 rings (SSSR count). The number of aromatic nitrogens is 2. The fourth-order valence-electron chi connectivity index (χ4n) is 1.94. The summed E-state index contributed by atoms with van der Waals surface area (Å²) in [6.07, 6.45) is 0. The second-order valence-corrected chi connectivity index (χ2v) is 4.69. The van der Waals surface area contributed by atoms with Crippen LogP contribution in [0.2, 0.25) is 5.02 Å². The molecule has 3 aromatic rings. The number of hydrogen-bond acceptors (Lipinski definition) is 3. The minimum Gasteiger partial charge on any atom is -0.383 e. The van der Waals surface area contributed by atoms with Gasteiger partial charge in [0.1, 0.15) is 17.5 Å². The maximum Gasteiger partial charge on any atom is 0.162 e. The molecule has 1 aromatic heterocycles. The van der Waals surface area contributed by atoms with E-state index in [1.165, 1.54) is 0 Å². The zero-order valence-electron chi connectivity index (χ0n) is 10.1. The van der Waals surface area contributed by atoms with Crippen LogP contribution in [0.4, 0.5) is 14.6 Å². The summed E-state index contributed by atoms with van der Waals surface area (Å²) in [5.41, 5.74) is 6.58. The van der Waals surface area contributed by atoms with Gasteiger partial charge in [-0.2, -0.15) is 0 Å². The summed E-state index contributed by atoms with van der Waals surface area (Å²) in [6.45, 7) is 0. The molecule has 0 aliphatic carbocycles. The highest BCUT2D eigenvalue weighted by molar-refractivity contribution is 6.31. The molecule has 1 heterocycles. The maximum atomic E-state index is 13.2. The normalized spacial score (nSPS) is 10.9. The highest BCUT2D eigenvalue weighted by Gasteiger charge is 2.10. The van der Waals surface area contributed by atoms with Crippen LogP contribution >= 0.6 is 11.6 Å². The van der Waals surface area contributed by atoms with E-state index >= 15 is 0 Å². The third-order valence-electron chi connectivity index (χ3n) is 2.81. The van der Waals surface area contributed by atoms with Crippen molar-refractivity contribution in [1.29, 1.82) is 0 Å². The largest absolute Gasteiger partial charge is 0.383 e. The first-order chi connectivity index (χ1) is 9.52. The van der Waals surface area contributed by atoms with Crippen LogP contribution in [-0.4, -0.2) is 9.97 Å². The molecule has 6 heteroatoms. The molecule has 0 radical (unpaired) electrons. The Balaban J connectivity index is 2.26. The molecule has 0 unspecified atom stereocenters. The fraction of sp³-hybridized carbons (Fsp3) is 0. The van der Waals surface area contributed by atoms with Crippen LogP contribution < -0.4 is 5.73 Å². The number of halogens is 3. The van der Waals surface area contributed by atoms with E-state index in [2.05, 4.69) is 9.97 Å². The van der Waals surface area contributed by atoms with Gasteiger partial charge in [-0.3, -0.25) is 0 Å². The molecule has 0 saturated carbocycles. The molecule has 20 heavy (non-hydrogen) atoms. The fourth-order valence-corrected chi connectivity index (χ4v) is 2.11. The molecule has 0 fully saturated rings. The van der Waals surface area contributed by atoms with Crippen LogP contribution in [-0.2, 0) is 0 Å². The highest BCUT2D eigenvalue weighted by Crippen LogP contribution is 2.26. The number of benzene rings is 2. The Morgan fingerprint density at radius 3 is 2.35 bits per heavy atom. The number of nitrogens with two attached hydrogens (primary N) is 1. The highest BCUT2D eigenvalue weighted by atomic mass is 35.5. The molecule has 0 bridgehead atoms. The quantitative estimate of drug-likeness (QED) is 0.742. The minimum atomic E-state index is -0.701. The van der Waals surface area contributed by atoms with Crippen molar-refractivity contribution in [2.75, 3.05) is 5.73 Å². The topological polar surface area (TPSA) is 51.8 Å². The zero-order valence-corrected chi connectivity index (χ0v) is 10.8. The number of rotatable bonds is 1. The van der Waals surface area contributed by atoms with Crippen LogP contribution in [0.25, 0.3) is 22.3 Å². The number of anilines is 1. The summed E-state index contributed by atoms with van der Waals surface area (Å²) >= 11 is 5.90. The van der Waals surface area contributed by atoms with Gasteiger partial charge in [-0.25, -0.2) is 18.7 Å². The van der Waals surface area contributed by atoms with E-state index in [1.54, 1.807) is 18.2 Å². The molecule has 2 N–H and O–H groups in total. The Hall–Kier alpha value is -2.27. The van der Waals surface area contributed by atoms with Crippen molar-refractivity contribution in [3.63, 3.8) is 0 Å². The predicted octanol–water partition coefficient (Wildman–Crippen LogP) is 3.81. The Bertz CT molecular complexity index is 801. The Morgan fingerprint density at radius 1 is 0.950 bits per heavy atom. The standard InChI is InChI=1S/C14H8ClF2N3/c15-8-1-2-11-12(5-8)19-14(20-13(11)18)7-3-9(16)6-10(17)4-7/h1-6H,(H2,18,19,20). The average molecular weight is 292 g/mol. The summed E-state index contributed by atoms with van der Waals surface area (Å²) in [5.74, 6) is -1.02. The Kier molecular flexibility index (Phi) is 2.99. The summed E-state index contributed by atoms with van der Waals surface area (Å²) in [4.78, 5) is 8.31. The van der Waals surface area contributed by atoms with Gasteiger partial charge in [0.2, 0.25) is 0 Å². The van der Waals surface area contributed by atoms with E-state index in [1.807, 2.05) is 0 Å². The summed E-state index contributed by atoms with van der Waals surface area (Å²) in [6, 6.07) is 8.06. The second kappa shape index (κ2) is 4.68. The lowest BCUT2D eigenvalue weighted by molar-refractivity contribution is 0.584. The zero-order chi connectivity index (χ0) is 14.3. The van der Waals surface area contributed by atoms with Crippen LogP contribution in [0.1, 0.15) is 0 Å². The van der Waals surface area contributed by atoms with E-state index in [4.69, 9.17) is 17.3 Å². The van der Waals surface area contributed by atoms with Crippen LogP contribution in [0.3, 0.4) is 0 Å². The third-order valence-corrected chi connectivity index (χ3v) is 3.04. The smallest absolute Gasteiger partial charge is 0.162 e. The van der Waals surface area contributed by atoms with Crippen molar-refractivity contribution in [2.24, 2.45) is 0 Å². The van der Waals surface area contributed by atoms with Gasteiger partial charge in [0.05, 0.1) is 5.52 Å². The van der Waals surface area contributed by atoms with Crippen molar-refractivity contribution in [3.8, 4) is 11.4 Å². The summed E-state index contributed by atoms with van der Waals surface area (Å²) in [5, 5.41) is 1.13. The Morgan fingerprint density at radius 2 is 1.65 bits per heavy atom. The monoisotopic (exact) mass is 291 g/mol. The van der Waals surface area contributed by atoms with Crippen molar-refractivity contribution < 1.29 is 8.78 Å². The number of fused-ring (bicyclic) bond motifs is 1. The molecule has 0 saturated heterocycles. The van der Waals surface area contributed by atoms with Crippen LogP contribution in [0.5, 0.6) is 0 Å². The van der Waals surface area contributed by atoms with Crippen molar-refractivity contribution in [3.05, 3.63) is 53.1 Å². The lowest BCUT2D eigenvalue weighted by Crippen LogP contribution is -1.98. The average Bonchev–Trinajstić information content (AvgIpc) is 2.36. The molecule has 0 amide bonds. The minimum absolute atomic E-state index is 0.149. The first-order valence-corrected chi connectivity index (χ1v) is 6.10. The third kappa shape index (κ3) is 2.28. The van der Waals surface area contributed by atoms with Crippen molar-refractivity contribution in [2.45, 2.75) is 0 Å². The maximum absolute atomic E-state index is 13.2. The van der Waals surface area contributed by atoms with Crippen LogP contribution in [0.15, 0.2) is 36.4 Å². The molecule has 100 valence electrons. The lowest BCUT2D eigenvalue weighted by atomic mass is 10.1. The van der Waals surface area contributed by atoms with E-state index in [0.29, 0.717) is 15.9 Å². The molecule has 3 nitrogen and oxygen atoms in total. The first-order valence-electron chi connectivity index (χ1n) is 5.72. The predicted molar refractivity (Wildman–Crippen MR) is 74.3 cm³/mol. The van der Waals surface area contributed by atoms with E-state index in [-0.39, 0.29) is 17.2 Å². The molecular weight excluding hydrogens is 284 g/mol. The number of nitrogens with zero attached hydrogens (tertiary/aromatic N) is 2. The Labute approximate surface area is 118 Å². The first kappa shape index (κ1) is 12.7. The number of nitrogen functional groups attached to an aromatic ring is 1. The number of hydrogen-bond donors (Lipinski definition) is 1. The van der Waals surface area contributed by atoms with E-state index in [9.17, 15) is 8.78 Å². The van der Waals surface area contributed by atoms with E-state index in [0.717, 1.165) is 18.2 Å². The van der Waals surface area contributed by atoms with E-state index < -0.39 is 11.6 Å². The van der Waals surface area contributed by atoms with Gasteiger partial charge in [-0.05, 0) is 30.3 Å². The van der Waals surface area contributed by atoms with Gasteiger partial charge in [-0.1, -0.05) is 11.6 Å². The molecule has 0 aliphatic heterocycles. The summed E-state index contributed by atoms with van der Waals surface area (Å²) < 4.78 is 26.5. The van der Waals surface area contributed by atoms with Gasteiger partial charge in [0, 0.05) is 22.0 Å². The van der Waals surface area contributed by atoms with Gasteiger partial charge >= 0.3 is 0 Å². The van der Waals surface area contributed by atoms with Crippen LogP contribution in [0, 0.1) is 11.6 Å².